The Morgan fingerprint density at radius 1 is 0.879 bits per heavy atom. The minimum Gasteiger partial charge on any atom is -0.340 e. The third kappa shape index (κ3) is 5.25. The number of nitrogens with zero attached hydrogens (tertiary/aromatic N) is 4. The number of carbonyl (C=O) groups excluding carboxylic acids is 1. The van der Waals surface area contributed by atoms with Gasteiger partial charge in [-0.2, -0.15) is 0 Å². The number of aryl methyl sites for hydroxylation is 1. The molecule has 1 saturated heterocycles. The highest BCUT2D eigenvalue weighted by Crippen LogP contribution is 2.11. The van der Waals surface area contributed by atoms with Crippen molar-refractivity contribution in [1.29, 1.82) is 0 Å². The van der Waals surface area contributed by atoms with Crippen molar-refractivity contribution in [3.8, 4) is 0 Å². The summed E-state index contributed by atoms with van der Waals surface area (Å²) in [5.41, 5.74) is 1.15. The SMILES string of the molecule is CCn1c(=O)c2ccccc2n(CC(=O)N2CCCN(CCCc3ccccc3)CC2)c1=O. The zero-order valence-electron chi connectivity index (χ0n) is 19.3. The maximum absolute atomic E-state index is 13.2. The highest BCUT2D eigenvalue weighted by atomic mass is 16.2. The Balaban J connectivity index is 1.41. The first-order chi connectivity index (χ1) is 16.1. The monoisotopic (exact) mass is 448 g/mol. The molecule has 4 rings (SSSR count). The zero-order chi connectivity index (χ0) is 23.2. The van der Waals surface area contributed by atoms with Crippen molar-refractivity contribution in [3.05, 3.63) is 81.0 Å². The number of amides is 1. The zero-order valence-corrected chi connectivity index (χ0v) is 19.3. The van der Waals surface area contributed by atoms with Crippen LogP contribution in [0, 0.1) is 0 Å². The molecule has 0 aliphatic carbocycles. The van der Waals surface area contributed by atoms with Crippen LogP contribution in [0.4, 0.5) is 0 Å². The van der Waals surface area contributed by atoms with Gasteiger partial charge >= 0.3 is 5.69 Å². The first-order valence-electron chi connectivity index (χ1n) is 11.8. The van der Waals surface area contributed by atoms with Gasteiger partial charge in [-0.3, -0.25) is 18.7 Å². The Hall–Kier alpha value is -3.19. The maximum atomic E-state index is 13.2. The van der Waals surface area contributed by atoms with Crippen LogP contribution < -0.4 is 11.2 Å². The number of aromatic nitrogens is 2. The van der Waals surface area contributed by atoms with Crippen molar-refractivity contribution in [2.24, 2.45) is 0 Å². The fraction of sp³-hybridized carbons (Fsp3) is 0.423. The Morgan fingerprint density at radius 3 is 2.42 bits per heavy atom. The summed E-state index contributed by atoms with van der Waals surface area (Å²) in [6.45, 7) is 6.17. The molecule has 1 aliphatic heterocycles. The van der Waals surface area contributed by atoms with Gasteiger partial charge in [0, 0.05) is 26.2 Å². The van der Waals surface area contributed by atoms with Gasteiger partial charge in [-0.25, -0.2) is 4.79 Å². The average molecular weight is 449 g/mol. The lowest BCUT2D eigenvalue weighted by Crippen LogP contribution is -2.44. The molecule has 0 atom stereocenters. The van der Waals surface area contributed by atoms with Crippen molar-refractivity contribution in [1.82, 2.24) is 18.9 Å². The van der Waals surface area contributed by atoms with E-state index in [1.807, 2.05) is 11.0 Å². The first-order valence-corrected chi connectivity index (χ1v) is 11.8. The molecule has 1 aromatic heterocycles. The van der Waals surface area contributed by atoms with E-state index in [4.69, 9.17) is 0 Å². The van der Waals surface area contributed by atoms with Gasteiger partial charge in [0.1, 0.15) is 6.54 Å². The number of para-hydroxylation sites is 1. The van der Waals surface area contributed by atoms with Crippen molar-refractivity contribution in [2.45, 2.75) is 39.3 Å². The van der Waals surface area contributed by atoms with Crippen LogP contribution in [0.2, 0.25) is 0 Å². The summed E-state index contributed by atoms with van der Waals surface area (Å²) in [4.78, 5) is 43.0. The molecule has 174 valence electrons. The molecule has 33 heavy (non-hydrogen) atoms. The van der Waals surface area contributed by atoms with Gasteiger partial charge < -0.3 is 9.80 Å². The molecule has 2 aromatic carbocycles. The Kier molecular flexibility index (Phi) is 7.40. The molecule has 0 radical (unpaired) electrons. The van der Waals surface area contributed by atoms with Crippen LogP contribution in [0.1, 0.15) is 25.3 Å². The molecular weight excluding hydrogens is 416 g/mol. The van der Waals surface area contributed by atoms with Gasteiger partial charge in [0.15, 0.2) is 0 Å². The van der Waals surface area contributed by atoms with E-state index in [2.05, 4.69) is 29.2 Å². The lowest BCUT2D eigenvalue weighted by Gasteiger charge is -2.23. The van der Waals surface area contributed by atoms with Crippen LogP contribution in [0.5, 0.6) is 0 Å². The molecule has 0 saturated carbocycles. The second-order valence-corrected chi connectivity index (χ2v) is 8.60. The Labute approximate surface area is 193 Å². The number of fused-ring (bicyclic) bond motifs is 1. The number of hydrogen-bond acceptors (Lipinski definition) is 4. The van der Waals surface area contributed by atoms with E-state index < -0.39 is 5.69 Å². The van der Waals surface area contributed by atoms with E-state index in [1.165, 1.54) is 14.7 Å². The van der Waals surface area contributed by atoms with Crippen LogP contribution in [0.15, 0.2) is 64.2 Å². The van der Waals surface area contributed by atoms with Gasteiger partial charge in [0.05, 0.1) is 10.9 Å². The van der Waals surface area contributed by atoms with Crippen LogP contribution in [0.3, 0.4) is 0 Å². The highest BCUT2D eigenvalue weighted by Gasteiger charge is 2.21. The topological polar surface area (TPSA) is 67.6 Å². The second kappa shape index (κ2) is 10.6. The lowest BCUT2D eigenvalue weighted by atomic mass is 10.1. The van der Waals surface area contributed by atoms with E-state index in [1.54, 1.807) is 31.2 Å². The molecule has 7 nitrogen and oxygen atoms in total. The van der Waals surface area contributed by atoms with Crippen molar-refractivity contribution >= 4 is 16.8 Å². The standard InChI is InChI=1S/C26H32N4O3/c1-2-29-25(32)22-13-6-7-14-23(22)30(26(29)33)20-24(31)28-17-9-16-27(18-19-28)15-8-12-21-10-4-3-5-11-21/h3-7,10-11,13-14H,2,8-9,12,15-20H2,1H3. The van der Waals surface area contributed by atoms with Crippen molar-refractivity contribution in [3.63, 3.8) is 0 Å². The van der Waals surface area contributed by atoms with Crippen molar-refractivity contribution in [2.75, 3.05) is 32.7 Å². The Bertz CT molecular complexity index is 1220. The largest absolute Gasteiger partial charge is 0.340 e. The van der Waals surface area contributed by atoms with Crippen molar-refractivity contribution < 1.29 is 4.79 Å². The molecular formula is C26H32N4O3. The molecule has 0 unspecified atom stereocenters. The summed E-state index contributed by atoms with van der Waals surface area (Å²) in [6, 6.07) is 17.5. The first kappa shape index (κ1) is 23.0. The van der Waals surface area contributed by atoms with E-state index in [9.17, 15) is 14.4 Å². The van der Waals surface area contributed by atoms with Crippen LogP contribution in [-0.4, -0.2) is 57.6 Å². The van der Waals surface area contributed by atoms with Gasteiger partial charge in [-0.15, -0.1) is 0 Å². The fourth-order valence-corrected chi connectivity index (χ4v) is 4.63. The maximum Gasteiger partial charge on any atom is 0.331 e. The van der Waals surface area contributed by atoms with E-state index in [0.717, 1.165) is 38.9 Å². The number of hydrogen-bond donors (Lipinski definition) is 0. The molecule has 0 spiro atoms. The number of benzene rings is 2. The molecule has 0 bridgehead atoms. The van der Waals surface area contributed by atoms with E-state index >= 15 is 0 Å². The quantitative estimate of drug-likeness (QED) is 0.557. The van der Waals surface area contributed by atoms with Crippen LogP contribution in [0.25, 0.3) is 10.9 Å². The highest BCUT2D eigenvalue weighted by molar-refractivity contribution is 5.81. The fourth-order valence-electron chi connectivity index (χ4n) is 4.63. The summed E-state index contributed by atoms with van der Waals surface area (Å²) < 4.78 is 2.65. The van der Waals surface area contributed by atoms with E-state index in [0.29, 0.717) is 24.0 Å². The van der Waals surface area contributed by atoms with Crippen LogP contribution in [-0.2, 0) is 24.3 Å². The third-order valence-electron chi connectivity index (χ3n) is 6.47. The molecule has 1 fully saturated rings. The number of carbonyl (C=O) groups is 1. The van der Waals surface area contributed by atoms with Crippen LogP contribution >= 0.6 is 0 Å². The molecule has 3 aromatic rings. The summed E-state index contributed by atoms with van der Waals surface area (Å²) in [5, 5.41) is 0.465. The second-order valence-electron chi connectivity index (χ2n) is 8.60. The molecule has 0 N–H and O–H groups in total. The lowest BCUT2D eigenvalue weighted by molar-refractivity contribution is -0.131. The van der Waals surface area contributed by atoms with Gasteiger partial charge in [0.25, 0.3) is 5.56 Å². The minimum absolute atomic E-state index is 0.0480. The molecule has 1 aliphatic rings. The minimum atomic E-state index is -0.424. The number of rotatable bonds is 7. The summed E-state index contributed by atoms with van der Waals surface area (Å²) in [7, 11) is 0. The predicted octanol–water partition coefficient (Wildman–Crippen LogP) is 2.35. The van der Waals surface area contributed by atoms with Gasteiger partial charge in [-0.05, 0) is 57.0 Å². The smallest absolute Gasteiger partial charge is 0.331 e. The average Bonchev–Trinajstić information content (AvgIpc) is 3.09. The normalized spacial score (nSPS) is 15.0. The predicted molar refractivity (Wildman–Crippen MR) is 131 cm³/mol. The van der Waals surface area contributed by atoms with Gasteiger partial charge in [-0.1, -0.05) is 42.5 Å². The molecule has 1 amide bonds. The molecule has 7 heteroatoms. The van der Waals surface area contributed by atoms with E-state index in [-0.39, 0.29) is 24.6 Å². The van der Waals surface area contributed by atoms with Gasteiger partial charge in [0.2, 0.25) is 5.91 Å². The molecule has 2 heterocycles. The summed E-state index contributed by atoms with van der Waals surface area (Å²) >= 11 is 0. The summed E-state index contributed by atoms with van der Waals surface area (Å²) in [6.07, 6.45) is 3.07. The summed E-state index contributed by atoms with van der Waals surface area (Å²) in [5.74, 6) is -0.0744. The Morgan fingerprint density at radius 2 is 1.64 bits per heavy atom. The third-order valence-corrected chi connectivity index (χ3v) is 6.47.